The molecule has 0 aromatic heterocycles. The van der Waals surface area contributed by atoms with Gasteiger partial charge in [-0.1, -0.05) is 24.3 Å². The van der Waals surface area contributed by atoms with Crippen molar-refractivity contribution in [3.05, 3.63) is 35.9 Å². The van der Waals surface area contributed by atoms with Gasteiger partial charge in [-0.3, -0.25) is 4.79 Å². The number of nitriles is 1. The predicted molar refractivity (Wildman–Crippen MR) is 69.7 cm³/mol. The van der Waals surface area contributed by atoms with Gasteiger partial charge in [-0.05, 0) is 17.7 Å². The standard InChI is InChI=1S/C13H13ClN2O/c14-9-8-13(17)16-12-6-4-11(5-7-12)3-1-2-10-15/h1,3-7H,2,8-9H2,(H,16,17). The van der Waals surface area contributed by atoms with E-state index in [1.807, 2.05) is 36.4 Å². The first-order chi connectivity index (χ1) is 8.26. The molecule has 1 aromatic rings. The first-order valence-electron chi connectivity index (χ1n) is 5.25. The number of amides is 1. The van der Waals surface area contributed by atoms with Crippen molar-refractivity contribution >= 4 is 29.3 Å². The molecule has 0 aliphatic rings. The van der Waals surface area contributed by atoms with Gasteiger partial charge in [-0.25, -0.2) is 0 Å². The van der Waals surface area contributed by atoms with Gasteiger partial charge < -0.3 is 5.32 Å². The maximum Gasteiger partial charge on any atom is 0.225 e. The van der Waals surface area contributed by atoms with Crippen LogP contribution in [0.5, 0.6) is 0 Å². The van der Waals surface area contributed by atoms with Gasteiger partial charge in [0.1, 0.15) is 0 Å². The number of hydrogen-bond donors (Lipinski definition) is 1. The summed E-state index contributed by atoms with van der Waals surface area (Å²) in [5, 5.41) is 11.1. The number of allylic oxidation sites excluding steroid dienone is 1. The average Bonchev–Trinajstić information content (AvgIpc) is 2.32. The summed E-state index contributed by atoms with van der Waals surface area (Å²) < 4.78 is 0. The maximum absolute atomic E-state index is 11.3. The topological polar surface area (TPSA) is 52.9 Å². The molecule has 4 heteroatoms. The molecule has 17 heavy (non-hydrogen) atoms. The van der Waals surface area contributed by atoms with Crippen LogP contribution in [0, 0.1) is 11.3 Å². The molecule has 0 aliphatic carbocycles. The summed E-state index contributed by atoms with van der Waals surface area (Å²) in [6.07, 6.45) is 4.37. The Kier molecular flexibility index (Phi) is 5.84. The Labute approximate surface area is 106 Å². The third kappa shape index (κ3) is 5.19. The van der Waals surface area contributed by atoms with Crippen molar-refractivity contribution < 1.29 is 4.79 Å². The molecule has 0 heterocycles. The molecule has 3 nitrogen and oxygen atoms in total. The van der Waals surface area contributed by atoms with Crippen LogP contribution >= 0.6 is 11.6 Å². The minimum Gasteiger partial charge on any atom is -0.326 e. The second-order valence-electron chi connectivity index (χ2n) is 3.37. The van der Waals surface area contributed by atoms with E-state index < -0.39 is 0 Å². The summed E-state index contributed by atoms with van der Waals surface area (Å²) in [7, 11) is 0. The molecule has 1 N–H and O–H groups in total. The summed E-state index contributed by atoms with van der Waals surface area (Å²) in [5.41, 5.74) is 1.74. The second-order valence-corrected chi connectivity index (χ2v) is 3.75. The quantitative estimate of drug-likeness (QED) is 0.814. The summed E-state index contributed by atoms with van der Waals surface area (Å²) in [6, 6.07) is 9.43. The van der Waals surface area contributed by atoms with Gasteiger partial charge in [0.15, 0.2) is 0 Å². The van der Waals surface area contributed by atoms with Gasteiger partial charge in [-0.2, -0.15) is 5.26 Å². The van der Waals surface area contributed by atoms with Crippen molar-refractivity contribution in [2.24, 2.45) is 0 Å². The molecule has 0 radical (unpaired) electrons. The van der Waals surface area contributed by atoms with Crippen LogP contribution in [0.1, 0.15) is 18.4 Å². The molecule has 0 unspecified atom stereocenters. The molecule has 1 aromatic carbocycles. The van der Waals surface area contributed by atoms with E-state index in [0.717, 1.165) is 11.3 Å². The SMILES string of the molecule is N#CCC=Cc1ccc(NC(=O)CCCl)cc1. The van der Waals surface area contributed by atoms with Crippen LogP contribution in [-0.4, -0.2) is 11.8 Å². The smallest absolute Gasteiger partial charge is 0.225 e. The highest BCUT2D eigenvalue weighted by molar-refractivity contribution is 6.19. The molecular formula is C13H13ClN2O. The molecular weight excluding hydrogens is 236 g/mol. The van der Waals surface area contributed by atoms with E-state index >= 15 is 0 Å². The Morgan fingerprint density at radius 3 is 2.71 bits per heavy atom. The van der Waals surface area contributed by atoms with Crippen LogP contribution in [0.15, 0.2) is 30.3 Å². The van der Waals surface area contributed by atoms with Crippen molar-refractivity contribution in [2.75, 3.05) is 11.2 Å². The highest BCUT2D eigenvalue weighted by atomic mass is 35.5. The average molecular weight is 249 g/mol. The highest BCUT2D eigenvalue weighted by Crippen LogP contribution is 2.11. The van der Waals surface area contributed by atoms with Crippen LogP contribution in [0.2, 0.25) is 0 Å². The number of anilines is 1. The van der Waals surface area contributed by atoms with Crippen molar-refractivity contribution in [3.63, 3.8) is 0 Å². The van der Waals surface area contributed by atoms with E-state index in [2.05, 4.69) is 5.32 Å². The van der Waals surface area contributed by atoms with Crippen molar-refractivity contribution in [1.29, 1.82) is 5.26 Å². The number of halogens is 1. The Morgan fingerprint density at radius 1 is 1.41 bits per heavy atom. The third-order valence-electron chi connectivity index (χ3n) is 2.04. The monoisotopic (exact) mass is 248 g/mol. The number of hydrogen-bond acceptors (Lipinski definition) is 2. The van der Waals surface area contributed by atoms with Crippen molar-refractivity contribution in [1.82, 2.24) is 0 Å². The zero-order chi connectivity index (χ0) is 12.5. The predicted octanol–water partition coefficient (Wildman–Crippen LogP) is 3.18. The lowest BCUT2D eigenvalue weighted by Gasteiger charge is -2.03. The van der Waals surface area contributed by atoms with Gasteiger partial charge in [0.2, 0.25) is 5.91 Å². The fourth-order valence-electron chi connectivity index (χ4n) is 1.23. The van der Waals surface area contributed by atoms with Gasteiger partial charge in [0.05, 0.1) is 12.5 Å². The summed E-state index contributed by atoms with van der Waals surface area (Å²) in [5.74, 6) is 0.230. The summed E-state index contributed by atoms with van der Waals surface area (Å²) in [4.78, 5) is 11.3. The van der Waals surface area contributed by atoms with Crippen LogP contribution in [0.4, 0.5) is 5.69 Å². The van der Waals surface area contributed by atoms with Crippen molar-refractivity contribution in [3.8, 4) is 6.07 Å². The first-order valence-corrected chi connectivity index (χ1v) is 5.79. The number of rotatable bonds is 5. The minimum atomic E-state index is -0.0900. The highest BCUT2D eigenvalue weighted by Gasteiger charge is 2.00. The van der Waals surface area contributed by atoms with E-state index in [1.54, 1.807) is 6.08 Å². The summed E-state index contributed by atoms with van der Waals surface area (Å²) in [6.45, 7) is 0. The van der Waals surface area contributed by atoms with E-state index in [1.165, 1.54) is 0 Å². The number of carbonyl (C=O) groups excluding carboxylic acids is 1. The number of alkyl halides is 1. The molecule has 0 bridgehead atoms. The zero-order valence-electron chi connectivity index (χ0n) is 9.32. The lowest BCUT2D eigenvalue weighted by molar-refractivity contribution is -0.115. The molecule has 0 atom stereocenters. The number of benzene rings is 1. The molecule has 0 saturated heterocycles. The van der Waals surface area contributed by atoms with Gasteiger partial charge in [-0.15, -0.1) is 11.6 Å². The molecule has 0 saturated carbocycles. The minimum absolute atomic E-state index is 0.0900. The maximum atomic E-state index is 11.3. The summed E-state index contributed by atoms with van der Waals surface area (Å²) >= 11 is 5.46. The normalized spacial score (nSPS) is 10.1. The Hall–Kier alpha value is -1.79. The van der Waals surface area contributed by atoms with E-state index in [4.69, 9.17) is 16.9 Å². The second kappa shape index (κ2) is 7.48. The van der Waals surface area contributed by atoms with Crippen molar-refractivity contribution in [2.45, 2.75) is 12.8 Å². The lowest BCUT2D eigenvalue weighted by Crippen LogP contribution is -2.11. The van der Waals surface area contributed by atoms with Crippen LogP contribution in [-0.2, 0) is 4.79 Å². The first kappa shape index (κ1) is 13.3. The van der Waals surface area contributed by atoms with E-state index in [9.17, 15) is 4.79 Å². The Bertz CT molecular complexity index is 432. The molecule has 0 fully saturated rings. The van der Waals surface area contributed by atoms with Gasteiger partial charge in [0.25, 0.3) is 0 Å². The number of carbonyl (C=O) groups is 1. The Morgan fingerprint density at radius 2 is 2.12 bits per heavy atom. The molecule has 1 rings (SSSR count). The lowest BCUT2D eigenvalue weighted by atomic mass is 10.2. The molecule has 0 aliphatic heterocycles. The fourth-order valence-corrected chi connectivity index (χ4v) is 1.41. The van der Waals surface area contributed by atoms with Gasteiger partial charge >= 0.3 is 0 Å². The van der Waals surface area contributed by atoms with Crippen LogP contribution < -0.4 is 5.32 Å². The van der Waals surface area contributed by atoms with Crippen LogP contribution in [0.3, 0.4) is 0 Å². The molecule has 1 amide bonds. The molecule has 88 valence electrons. The zero-order valence-corrected chi connectivity index (χ0v) is 10.1. The number of nitrogens with zero attached hydrogens (tertiary/aromatic N) is 1. The Balaban J connectivity index is 2.56. The largest absolute Gasteiger partial charge is 0.326 e. The molecule has 0 spiro atoms. The van der Waals surface area contributed by atoms with Crippen LogP contribution in [0.25, 0.3) is 6.08 Å². The van der Waals surface area contributed by atoms with E-state index in [0.29, 0.717) is 18.7 Å². The third-order valence-corrected chi connectivity index (χ3v) is 2.22. The fraction of sp³-hybridized carbons (Fsp3) is 0.231. The number of nitrogens with one attached hydrogen (secondary N) is 1. The van der Waals surface area contributed by atoms with E-state index in [-0.39, 0.29) is 5.91 Å². The van der Waals surface area contributed by atoms with Gasteiger partial charge in [0, 0.05) is 18.0 Å².